The summed E-state index contributed by atoms with van der Waals surface area (Å²) in [6, 6.07) is 0. The van der Waals surface area contributed by atoms with Crippen LogP contribution in [0.15, 0.2) is 16.6 Å². The van der Waals surface area contributed by atoms with Crippen LogP contribution in [0, 0.1) is 5.92 Å². The van der Waals surface area contributed by atoms with E-state index in [4.69, 9.17) is 9.47 Å². The maximum absolute atomic E-state index is 13.0. The minimum atomic E-state index is -1.85. The van der Waals surface area contributed by atoms with Crippen LogP contribution in [0.5, 0.6) is 0 Å². The van der Waals surface area contributed by atoms with Crippen LogP contribution in [-0.2, 0) is 33.4 Å². The molecule has 2 amide bonds. The van der Waals surface area contributed by atoms with Crippen molar-refractivity contribution < 1.29 is 33.4 Å². The SMILES string of the molecule is CC(=O)NC1=N[C@]2(C(=O)COC(C)=O)[C@@H](OC(C)=O)C=C(C)C[C@@H]2C(=O)N1. The molecular formula is C17H21N3O7. The molecule has 2 rings (SSSR count). The molecule has 0 fully saturated rings. The first-order valence-corrected chi connectivity index (χ1v) is 8.25. The molecule has 3 atom stereocenters. The summed E-state index contributed by atoms with van der Waals surface area (Å²) in [6.07, 6.45) is 0.537. The molecule has 0 radical (unpaired) electrons. The Labute approximate surface area is 155 Å². The van der Waals surface area contributed by atoms with Crippen LogP contribution < -0.4 is 10.6 Å². The second kappa shape index (κ2) is 7.68. The van der Waals surface area contributed by atoms with Crippen molar-refractivity contribution in [3.05, 3.63) is 11.6 Å². The van der Waals surface area contributed by atoms with Crippen LogP contribution in [-0.4, -0.2) is 53.7 Å². The molecule has 1 heterocycles. The van der Waals surface area contributed by atoms with Gasteiger partial charge in [-0.3, -0.25) is 34.6 Å². The Kier molecular flexibility index (Phi) is 5.77. The minimum absolute atomic E-state index is 0.187. The van der Waals surface area contributed by atoms with Gasteiger partial charge in [0, 0.05) is 20.8 Å². The lowest BCUT2D eigenvalue weighted by Gasteiger charge is -2.44. The van der Waals surface area contributed by atoms with E-state index < -0.39 is 53.7 Å². The van der Waals surface area contributed by atoms with Gasteiger partial charge in [-0.15, -0.1) is 0 Å². The molecule has 146 valence electrons. The van der Waals surface area contributed by atoms with Gasteiger partial charge in [-0.1, -0.05) is 5.57 Å². The number of hydrogen-bond donors (Lipinski definition) is 2. The van der Waals surface area contributed by atoms with Crippen molar-refractivity contribution in [2.75, 3.05) is 6.61 Å². The zero-order valence-corrected chi connectivity index (χ0v) is 15.5. The summed E-state index contributed by atoms with van der Waals surface area (Å²) >= 11 is 0. The van der Waals surface area contributed by atoms with E-state index in [0.717, 1.165) is 12.5 Å². The molecule has 10 nitrogen and oxygen atoms in total. The van der Waals surface area contributed by atoms with E-state index in [1.54, 1.807) is 6.92 Å². The summed E-state index contributed by atoms with van der Waals surface area (Å²) in [5, 5.41) is 4.77. The van der Waals surface area contributed by atoms with Crippen molar-refractivity contribution in [2.24, 2.45) is 10.9 Å². The smallest absolute Gasteiger partial charge is 0.303 e. The van der Waals surface area contributed by atoms with Crippen molar-refractivity contribution in [2.45, 2.75) is 45.8 Å². The Hall–Kier alpha value is -3.04. The number of rotatable bonds is 4. The number of ketones is 1. The van der Waals surface area contributed by atoms with Gasteiger partial charge in [0.2, 0.25) is 23.6 Å². The van der Waals surface area contributed by atoms with Gasteiger partial charge in [0.25, 0.3) is 0 Å². The van der Waals surface area contributed by atoms with Gasteiger partial charge >= 0.3 is 11.9 Å². The number of carbonyl (C=O) groups excluding carboxylic acids is 5. The van der Waals surface area contributed by atoms with E-state index in [0.29, 0.717) is 0 Å². The summed E-state index contributed by atoms with van der Waals surface area (Å²) in [5.41, 5.74) is -1.11. The average Bonchev–Trinajstić information content (AvgIpc) is 2.52. The van der Waals surface area contributed by atoms with Crippen LogP contribution in [0.4, 0.5) is 0 Å². The first-order valence-electron chi connectivity index (χ1n) is 8.25. The van der Waals surface area contributed by atoms with E-state index in [-0.39, 0.29) is 12.4 Å². The van der Waals surface area contributed by atoms with E-state index >= 15 is 0 Å². The molecule has 1 aliphatic carbocycles. The Morgan fingerprint density at radius 2 is 1.93 bits per heavy atom. The fourth-order valence-corrected chi connectivity index (χ4v) is 3.21. The predicted molar refractivity (Wildman–Crippen MR) is 91.2 cm³/mol. The van der Waals surface area contributed by atoms with E-state index in [2.05, 4.69) is 15.6 Å². The second-order valence-corrected chi connectivity index (χ2v) is 6.46. The van der Waals surface area contributed by atoms with Crippen LogP contribution >= 0.6 is 0 Å². The van der Waals surface area contributed by atoms with Gasteiger partial charge in [-0.25, -0.2) is 4.99 Å². The van der Waals surface area contributed by atoms with Gasteiger partial charge < -0.3 is 9.47 Å². The maximum Gasteiger partial charge on any atom is 0.303 e. The molecule has 2 aliphatic rings. The van der Waals surface area contributed by atoms with E-state index in [1.165, 1.54) is 19.9 Å². The maximum atomic E-state index is 13.0. The Balaban J connectivity index is 2.61. The number of fused-ring (bicyclic) bond motifs is 1. The third kappa shape index (κ3) is 4.21. The molecule has 0 saturated heterocycles. The van der Waals surface area contributed by atoms with Crippen LogP contribution in [0.2, 0.25) is 0 Å². The molecule has 0 saturated carbocycles. The highest BCUT2D eigenvalue weighted by Gasteiger charge is 2.59. The number of esters is 2. The summed E-state index contributed by atoms with van der Waals surface area (Å²) in [6.45, 7) is 4.59. The predicted octanol–water partition coefficient (Wildman–Crippen LogP) is -0.623. The molecule has 0 aromatic carbocycles. The third-order valence-electron chi connectivity index (χ3n) is 4.22. The molecule has 0 spiro atoms. The summed E-state index contributed by atoms with van der Waals surface area (Å²) in [5.74, 6) is -4.37. The number of Topliss-reactive ketones (excluding diaryl/α,β-unsaturated/α-hetero) is 1. The van der Waals surface area contributed by atoms with Gasteiger partial charge in [0.05, 0.1) is 5.92 Å². The Morgan fingerprint density at radius 1 is 1.26 bits per heavy atom. The fourth-order valence-electron chi connectivity index (χ4n) is 3.21. The molecule has 0 aromatic heterocycles. The normalized spacial score (nSPS) is 26.6. The van der Waals surface area contributed by atoms with Crippen molar-refractivity contribution in [3.63, 3.8) is 0 Å². The van der Waals surface area contributed by atoms with Crippen LogP contribution in [0.1, 0.15) is 34.1 Å². The minimum Gasteiger partial charge on any atom is -0.458 e. The topological polar surface area (TPSA) is 140 Å². The van der Waals surface area contributed by atoms with Crippen molar-refractivity contribution in [3.8, 4) is 0 Å². The van der Waals surface area contributed by atoms with Crippen molar-refractivity contribution in [1.82, 2.24) is 10.6 Å². The summed E-state index contributed by atoms with van der Waals surface area (Å²) in [7, 11) is 0. The Morgan fingerprint density at radius 3 is 2.48 bits per heavy atom. The van der Waals surface area contributed by atoms with Crippen LogP contribution in [0.3, 0.4) is 0 Å². The lowest BCUT2D eigenvalue weighted by Crippen LogP contribution is -2.67. The number of aliphatic imine (C=N–C) groups is 1. The second-order valence-electron chi connectivity index (χ2n) is 6.46. The van der Waals surface area contributed by atoms with Gasteiger partial charge in [0.1, 0.15) is 0 Å². The molecule has 27 heavy (non-hydrogen) atoms. The number of amides is 2. The lowest BCUT2D eigenvalue weighted by molar-refractivity contribution is -0.159. The number of guanidine groups is 1. The third-order valence-corrected chi connectivity index (χ3v) is 4.22. The van der Waals surface area contributed by atoms with Crippen molar-refractivity contribution >= 4 is 35.5 Å². The molecule has 10 heteroatoms. The number of ether oxygens (including phenoxy) is 2. The summed E-state index contributed by atoms with van der Waals surface area (Å²) < 4.78 is 10.1. The van der Waals surface area contributed by atoms with Crippen LogP contribution in [0.25, 0.3) is 0 Å². The molecule has 2 N–H and O–H groups in total. The quantitative estimate of drug-likeness (QED) is 0.490. The zero-order chi connectivity index (χ0) is 20.4. The van der Waals surface area contributed by atoms with E-state index in [1.807, 2.05) is 0 Å². The van der Waals surface area contributed by atoms with Gasteiger partial charge in [-0.05, 0) is 19.4 Å². The highest BCUT2D eigenvalue weighted by Crippen LogP contribution is 2.41. The number of allylic oxidation sites excluding steroid dienone is 1. The zero-order valence-electron chi connectivity index (χ0n) is 15.5. The molecule has 1 aliphatic heterocycles. The van der Waals surface area contributed by atoms with Gasteiger partial charge in [0.15, 0.2) is 18.2 Å². The molecule has 0 unspecified atom stereocenters. The lowest BCUT2D eigenvalue weighted by atomic mass is 9.68. The van der Waals surface area contributed by atoms with E-state index in [9.17, 15) is 24.0 Å². The highest BCUT2D eigenvalue weighted by molar-refractivity contribution is 6.11. The first-order chi connectivity index (χ1) is 12.6. The molecule has 0 bridgehead atoms. The molecule has 0 aromatic rings. The average molecular weight is 379 g/mol. The number of carbonyl (C=O) groups is 5. The first kappa shape index (κ1) is 20.3. The van der Waals surface area contributed by atoms with Crippen molar-refractivity contribution in [1.29, 1.82) is 0 Å². The number of hydrogen-bond acceptors (Lipinski definition) is 8. The standard InChI is InChI=1S/C17H21N3O7/c1-8-5-12-15(25)19-16(18-9(2)21)20-17(12,13(24)7-26-10(3)22)14(6-8)27-11(4)23/h6,12,14H,5,7H2,1-4H3,(H2,18,19,20,21,25)/t12-,14+,17-/m1/s1. The number of nitrogens with one attached hydrogen (secondary N) is 2. The van der Waals surface area contributed by atoms with Gasteiger partial charge in [-0.2, -0.15) is 0 Å². The number of nitrogens with zero attached hydrogens (tertiary/aromatic N) is 1. The monoisotopic (exact) mass is 379 g/mol. The molecular weight excluding hydrogens is 358 g/mol. The highest BCUT2D eigenvalue weighted by atomic mass is 16.5. The fraction of sp³-hybridized carbons (Fsp3) is 0.529. The summed E-state index contributed by atoms with van der Waals surface area (Å²) in [4.78, 5) is 64.1. The Bertz CT molecular complexity index is 770. The largest absolute Gasteiger partial charge is 0.458 e.